The van der Waals surface area contributed by atoms with E-state index < -0.39 is 17.4 Å². The van der Waals surface area contributed by atoms with Crippen LogP contribution in [0.15, 0.2) is 94.8 Å². The highest BCUT2D eigenvalue weighted by atomic mass is 16.5. The van der Waals surface area contributed by atoms with Gasteiger partial charge in [-0.3, -0.25) is 19.1 Å². The summed E-state index contributed by atoms with van der Waals surface area (Å²) in [6.07, 6.45) is 0. The minimum Gasteiger partial charge on any atom is -0.489 e. The monoisotopic (exact) mass is 497 g/mol. The minimum atomic E-state index is -0.993. The molecule has 0 saturated heterocycles. The molecule has 4 aromatic rings. The van der Waals surface area contributed by atoms with Crippen molar-refractivity contribution < 1.29 is 14.3 Å². The maximum absolute atomic E-state index is 12.9. The van der Waals surface area contributed by atoms with Crippen molar-refractivity contribution >= 4 is 23.2 Å². The first kappa shape index (κ1) is 25.2. The van der Waals surface area contributed by atoms with Gasteiger partial charge in [0.15, 0.2) is 0 Å². The Morgan fingerprint density at radius 2 is 1.51 bits per heavy atom. The van der Waals surface area contributed by atoms with Crippen LogP contribution in [0.1, 0.15) is 23.7 Å². The number of amides is 2. The smallest absolute Gasteiger partial charge is 0.329 e. The summed E-state index contributed by atoms with van der Waals surface area (Å²) in [7, 11) is 1.70. The number of para-hydroxylation sites is 1. The second-order valence-corrected chi connectivity index (χ2v) is 8.33. The molecule has 0 atom stereocenters. The number of carbonyl (C=O) groups is 2. The van der Waals surface area contributed by atoms with Crippen LogP contribution >= 0.6 is 0 Å². The number of hydrazone groups is 1. The van der Waals surface area contributed by atoms with Crippen molar-refractivity contribution in [3.8, 4) is 11.4 Å². The van der Waals surface area contributed by atoms with E-state index in [1.54, 1.807) is 49.8 Å². The Morgan fingerprint density at radius 3 is 2.16 bits per heavy atom. The summed E-state index contributed by atoms with van der Waals surface area (Å²) in [6, 6.07) is 26.1. The summed E-state index contributed by atoms with van der Waals surface area (Å²) in [5.74, 6) is -1.29. The summed E-state index contributed by atoms with van der Waals surface area (Å²) < 4.78 is 8.81. The zero-order chi connectivity index (χ0) is 26.4. The lowest BCUT2D eigenvalue weighted by Crippen LogP contribution is -2.34. The van der Waals surface area contributed by atoms with Gasteiger partial charge in [0.05, 0.1) is 17.1 Å². The van der Waals surface area contributed by atoms with Crippen molar-refractivity contribution in [3.63, 3.8) is 0 Å². The number of nitrogens with one attached hydrogen (secondary N) is 2. The third kappa shape index (κ3) is 5.84. The zero-order valence-corrected chi connectivity index (χ0v) is 20.8. The third-order valence-electron chi connectivity index (χ3n) is 5.84. The molecule has 0 spiro atoms. The predicted molar refractivity (Wildman–Crippen MR) is 142 cm³/mol. The van der Waals surface area contributed by atoms with E-state index >= 15 is 0 Å². The summed E-state index contributed by atoms with van der Waals surface area (Å²) in [5, 5.41) is 6.44. The summed E-state index contributed by atoms with van der Waals surface area (Å²) >= 11 is 0. The maximum atomic E-state index is 12.9. The van der Waals surface area contributed by atoms with Crippen LogP contribution in [0.2, 0.25) is 0 Å². The topological polar surface area (TPSA) is 107 Å². The van der Waals surface area contributed by atoms with Gasteiger partial charge < -0.3 is 10.1 Å². The number of rotatable bonds is 7. The van der Waals surface area contributed by atoms with Crippen molar-refractivity contribution in [2.45, 2.75) is 20.5 Å². The van der Waals surface area contributed by atoms with Crippen molar-refractivity contribution in [1.82, 2.24) is 14.8 Å². The van der Waals surface area contributed by atoms with E-state index in [2.05, 4.69) is 15.8 Å². The molecule has 0 aliphatic heterocycles. The van der Waals surface area contributed by atoms with E-state index in [4.69, 9.17) is 4.74 Å². The molecule has 37 heavy (non-hydrogen) atoms. The molecule has 3 aromatic carbocycles. The molecule has 0 bridgehead atoms. The fourth-order valence-corrected chi connectivity index (χ4v) is 3.67. The Labute approximate surface area is 214 Å². The number of benzene rings is 3. The molecule has 0 radical (unpaired) electrons. The Bertz CT molecular complexity index is 1490. The van der Waals surface area contributed by atoms with Crippen LogP contribution in [-0.4, -0.2) is 26.9 Å². The Kier molecular flexibility index (Phi) is 7.63. The van der Waals surface area contributed by atoms with E-state index in [-0.39, 0.29) is 5.69 Å². The van der Waals surface area contributed by atoms with Gasteiger partial charge >= 0.3 is 11.8 Å². The molecular formula is C28H27N5O4. The van der Waals surface area contributed by atoms with Gasteiger partial charge in [-0.25, -0.2) is 10.1 Å². The molecule has 0 fully saturated rings. The van der Waals surface area contributed by atoms with Gasteiger partial charge in [-0.15, -0.1) is 0 Å². The molecule has 0 aliphatic carbocycles. The van der Waals surface area contributed by atoms with E-state index in [9.17, 15) is 14.4 Å². The molecule has 1 aromatic heterocycles. The molecule has 9 nitrogen and oxygen atoms in total. The van der Waals surface area contributed by atoms with Gasteiger partial charge in [-0.05, 0) is 61.4 Å². The molecule has 1 heterocycles. The SMILES string of the molecule is CC(=NNC(=O)C(=O)Nc1c(C)n(C)n(-c2ccccc2)c1=O)c1ccc(OCc2ccccc2)cc1. The van der Waals surface area contributed by atoms with Crippen molar-refractivity contribution in [2.75, 3.05) is 5.32 Å². The Balaban J connectivity index is 1.37. The number of anilines is 1. The first-order valence-corrected chi connectivity index (χ1v) is 11.6. The molecule has 0 saturated carbocycles. The molecule has 2 N–H and O–H groups in total. The van der Waals surface area contributed by atoms with Crippen molar-refractivity contribution in [2.24, 2.45) is 12.1 Å². The molecule has 0 unspecified atom stereocenters. The van der Waals surface area contributed by atoms with E-state index in [0.717, 1.165) is 11.1 Å². The first-order chi connectivity index (χ1) is 17.8. The fourth-order valence-electron chi connectivity index (χ4n) is 3.67. The number of aromatic nitrogens is 2. The van der Waals surface area contributed by atoms with Gasteiger partial charge in [-0.1, -0.05) is 48.5 Å². The highest BCUT2D eigenvalue weighted by Crippen LogP contribution is 2.16. The molecule has 0 aliphatic rings. The summed E-state index contributed by atoms with van der Waals surface area (Å²) in [5.41, 5.74) is 5.28. The Morgan fingerprint density at radius 1 is 0.892 bits per heavy atom. The second-order valence-electron chi connectivity index (χ2n) is 8.33. The van der Waals surface area contributed by atoms with Gasteiger partial charge in [0, 0.05) is 7.05 Å². The molecule has 4 rings (SSSR count). The van der Waals surface area contributed by atoms with E-state index in [1.165, 1.54) is 4.68 Å². The van der Waals surface area contributed by atoms with Gasteiger partial charge in [0.2, 0.25) is 0 Å². The predicted octanol–water partition coefficient (Wildman–Crippen LogP) is 3.54. The molecule has 2 amide bonds. The minimum absolute atomic E-state index is 0.0262. The van der Waals surface area contributed by atoms with Crippen LogP contribution in [-0.2, 0) is 23.2 Å². The number of nitrogens with zero attached hydrogens (tertiary/aromatic N) is 3. The lowest BCUT2D eigenvalue weighted by Gasteiger charge is -2.08. The Hall–Kier alpha value is -4.92. The van der Waals surface area contributed by atoms with Gasteiger partial charge in [0.1, 0.15) is 18.0 Å². The van der Waals surface area contributed by atoms with Crippen LogP contribution < -0.4 is 21.0 Å². The van der Waals surface area contributed by atoms with Crippen LogP contribution in [0, 0.1) is 6.92 Å². The zero-order valence-electron chi connectivity index (χ0n) is 20.8. The number of ether oxygens (including phenoxy) is 1. The maximum Gasteiger partial charge on any atom is 0.329 e. The normalized spacial score (nSPS) is 11.2. The lowest BCUT2D eigenvalue weighted by atomic mass is 10.1. The lowest BCUT2D eigenvalue weighted by molar-refractivity contribution is -0.136. The fraction of sp³-hybridized carbons (Fsp3) is 0.143. The van der Waals surface area contributed by atoms with Crippen LogP contribution in [0.3, 0.4) is 0 Å². The number of hydrogen-bond donors (Lipinski definition) is 2. The van der Waals surface area contributed by atoms with E-state index in [0.29, 0.717) is 29.4 Å². The van der Waals surface area contributed by atoms with Crippen LogP contribution in [0.4, 0.5) is 5.69 Å². The number of carbonyl (C=O) groups excluding carboxylic acids is 2. The molecule has 188 valence electrons. The number of hydrogen-bond acceptors (Lipinski definition) is 5. The first-order valence-electron chi connectivity index (χ1n) is 11.6. The molecular weight excluding hydrogens is 470 g/mol. The van der Waals surface area contributed by atoms with Gasteiger partial charge in [-0.2, -0.15) is 5.10 Å². The highest BCUT2D eigenvalue weighted by molar-refractivity contribution is 6.39. The highest BCUT2D eigenvalue weighted by Gasteiger charge is 2.21. The van der Waals surface area contributed by atoms with E-state index in [1.807, 2.05) is 60.7 Å². The van der Waals surface area contributed by atoms with Gasteiger partial charge in [0.25, 0.3) is 5.56 Å². The average molecular weight is 498 g/mol. The third-order valence-corrected chi connectivity index (χ3v) is 5.84. The van der Waals surface area contributed by atoms with Crippen molar-refractivity contribution in [3.05, 3.63) is 112 Å². The summed E-state index contributed by atoms with van der Waals surface area (Å²) in [6.45, 7) is 3.84. The quantitative estimate of drug-likeness (QED) is 0.231. The largest absolute Gasteiger partial charge is 0.489 e. The summed E-state index contributed by atoms with van der Waals surface area (Å²) in [4.78, 5) is 37.8. The molecule has 9 heteroatoms. The standard InChI is InChI=1S/C28H27N5O4/c1-19(22-14-16-24(17-15-22)37-18-21-10-6-4-7-11-21)30-31-27(35)26(34)29-25-20(2)32(3)33(28(25)36)23-12-8-5-9-13-23/h4-17H,18H2,1-3H3,(H,29,34)(H,31,35). The second kappa shape index (κ2) is 11.2. The van der Waals surface area contributed by atoms with Crippen LogP contribution in [0.5, 0.6) is 5.75 Å². The van der Waals surface area contributed by atoms with Crippen LogP contribution in [0.25, 0.3) is 5.69 Å². The average Bonchev–Trinajstić information content (AvgIpc) is 3.14. The van der Waals surface area contributed by atoms with Crippen molar-refractivity contribution in [1.29, 1.82) is 0 Å².